The number of hydrogen-bond donors (Lipinski definition) is 0. The van der Waals surface area contributed by atoms with Crippen LogP contribution in [0.1, 0.15) is 46.5 Å². The number of hydrogen-bond acceptors (Lipinski definition) is 3. The van der Waals surface area contributed by atoms with Gasteiger partial charge in [0.1, 0.15) is 6.33 Å². The molecule has 0 radical (unpaired) electrons. The van der Waals surface area contributed by atoms with E-state index in [0.29, 0.717) is 24.3 Å². The molecular weight excluding hydrogens is 280 g/mol. The van der Waals surface area contributed by atoms with Crippen LogP contribution in [0.5, 0.6) is 0 Å². The van der Waals surface area contributed by atoms with Crippen LogP contribution in [0.3, 0.4) is 0 Å². The molecule has 0 atom stereocenters. The Kier molecular flexibility index (Phi) is 5.35. The van der Waals surface area contributed by atoms with E-state index in [9.17, 15) is 9.59 Å². The van der Waals surface area contributed by atoms with Crippen LogP contribution in [0, 0.1) is 0 Å². The first-order chi connectivity index (χ1) is 10.7. The topological polar surface area (TPSA) is 61.8 Å². The van der Waals surface area contributed by atoms with Crippen molar-refractivity contribution in [1.29, 1.82) is 0 Å². The Bertz CT molecular complexity index is 780. The highest BCUT2D eigenvalue weighted by Crippen LogP contribution is 2.09. The average Bonchev–Trinajstić information content (AvgIpc) is 2.92. The molecule has 2 aromatic rings. The smallest absolute Gasteiger partial charge is 0.300 e. The van der Waals surface area contributed by atoms with E-state index in [1.165, 1.54) is 4.57 Å². The maximum atomic E-state index is 12.6. The Hall–Kier alpha value is -2.11. The number of nitrogens with zero attached hydrogens (tertiary/aromatic N) is 4. The molecule has 6 nitrogen and oxygen atoms in total. The van der Waals surface area contributed by atoms with E-state index in [-0.39, 0.29) is 11.2 Å². The second kappa shape index (κ2) is 7.24. The van der Waals surface area contributed by atoms with Crippen LogP contribution in [0.2, 0.25) is 0 Å². The fourth-order valence-corrected chi connectivity index (χ4v) is 2.47. The summed E-state index contributed by atoms with van der Waals surface area (Å²) in [4.78, 5) is 29.4. The van der Waals surface area contributed by atoms with E-state index in [1.54, 1.807) is 15.5 Å². The summed E-state index contributed by atoms with van der Waals surface area (Å²) in [7, 11) is 0. The van der Waals surface area contributed by atoms with Crippen LogP contribution in [-0.2, 0) is 13.1 Å². The zero-order valence-electron chi connectivity index (χ0n) is 13.6. The minimum atomic E-state index is -0.270. The van der Waals surface area contributed by atoms with Crippen LogP contribution in [0.25, 0.3) is 17.4 Å². The summed E-state index contributed by atoms with van der Waals surface area (Å²) < 4.78 is 4.62. The van der Waals surface area contributed by atoms with Gasteiger partial charge in [-0.2, -0.15) is 0 Å². The fourth-order valence-electron chi connectivity index (χ4n) is 2.47. The molecule has 22 heavy (non-hydrogen) atoms. The van der Waals surface area contributed by atoms with E-state index >= 15 is 0 Å². The molecule has 0 unspecified atom stereocenters. The Morgan fingerprint density at radius 2 is 1.91 bits per heavy atom. The van der Waals surface area contributed by atoms with Crippen LogP contribution < -0.4 is 11.2 Å². The van der Waals surface area contributed by atoms with Crippen LogP contribution >= 0.6 is 0 Å². The quantitative estimate of drug-likeness (QED) is 0.789. The predicted molar refractivity (Wildman–Crippen MR) is 89.1 cm³/mol. The first-order valence-electron chi connectivity index (χ1n) is 8.02. The van der Waals surface area contributed by atoms with Gasteiger partial charge in [0.25, 0.3) is 5.56 Å². The minimum Gasteiger partial charge on any atom is -0.300 e. The third-order valence-electron chi connectivity index (χ3n) is 3.71. The molecule has 0 aliphatic heterocycles. The van der Waals surface area contributed by atoms with Crippen molar-refractivity contribution < 1.29 is 0 Å². The number of aromatic nitrogens is 4. The van der Waals surface area contributed by atoms with Gasteiger partial charge in [-0.15, -0.1) is 0 Å². The Morgan fingerprint density at radius 3 is 2.55 bits per heavy atom. The molecule has 0 spiro atoms. The van der Waals surface area contributed by atoms with E-state index in [1.807, 2.05) is 19.2 Å². The van der Waals surface area contributed by atoms with Crippen LogP contribution in [-0.4, -0.2) is 18.7 Å². The van der Waals surface area contributed by atoms with Gasteiger partial charge in [0.05, 0.1) is 0 Å². The van der Waals surface area contributed by atoms with Crippen molar-refractivity contribution in [2.75, 3.05) is 0 Å². The average molecular weight is 304 g/mol. The van der Waals surface area contributed by atoms with Gasteiger partial charge in [-0.25, -0.2) is 9.78 Å². The third-order valence-corrected chi connectivity index (χ3v) is 3.71. The lowest BCUT2D eigenvalue weighted by Crippen LogP contribution is -2.40. The van der Waals surface area contributed by atoms with Crippen molar-refractivity contribution in [3.8, 4) is 0 Å². The number of allylic oxidation sites excluding steroid dienone is 1. The molecule has 2 heterocycles. The largest absolute Gasteiger partial charge is 0.332 e. The SMILES string of the molecule is CCC/C=C/n1cnc2c1c(=O)n(CC)c(=O)n2CCCC. The fraction of sp³-hybridized carbons (Fsp3) is 0.562. The van der Waals surface area contributed by atoms with Gasteiger partial charge in [-0.3, -0.25) is 13.9 Å². The Labute approximate surface area is 129 Å². The van der Waals surface area contributed by atoms with Gasteiger partial charge in [0.15, 0.2) is 11.2 Å². The van der Waals surface area contributed by atoms with Gasteiger partial charge in [-0.05, 0) is 19.8 Å². The minimum absolute atomic E-state index is 0.267. The molecule has 0 saturated carbocycles. The molecule has 0 amide bonds. The van der Waals surface area contributed by atoms with Gasteiger partial charge in [0.2, 0.25) is 0 Å². The van der Waals surface area contributed by atoms with E-state index in [4.69, 9.17) is 0 Å². The molecule has 120 valence electrons. The zero-order valence-corrected chi connectivity index (χ0v) is 13.6. The predicted octanol–water partition coefficient (Wildman–Crippen LogP) is 2.45. The summed E-state index contributed by atoms with van der Waals surface area (Å²) in [6.45, 7) is 6.94. The maximum absolute atomic E-state index is 12.6. The van der Waals surface area contributed by atoms with Crippen molar-refractivity contribution in [1.82, 2.24) is 18.7 Å². The Morgan fingerprint density at radius 1 is 1.14 bits per heavy atom. The Balaban J connectivity index is 2.69. The second-order valence-corrected chi connectivity index (χ2v) is 5.33. The normalized spacial score (nSPS) is 11.8. The molecule has 0 aliphatic rings. The van der Waals surface area contributed by atoms with Gasteiger partial charge in [0, 0.05) is 19.3 Å². The monoisotopic (exact) mass is 304 g/mol. The number of rotatable bonds is 7. The number of fused-ring (bicyclic) bond motifs is 1. The number of aryl methyl sites for hydroxylation is 1. The second-order valence-electron chi connectivity index (χ2n) is 5.33. The van der Waals surface area contributed by atoms with Crippen molar-refractivity contribution in [2.24, 2.45) is 0 Å². The van der Waals surface area contributed by atoms with Crippen molar-refractivity contribution in [3.05, 3.63) is 33.2 Å². The van der Waals surface area contributed by atoms with Crippen LogP contribution in [0.15, 0.2) is 22.0 Å². The molecule has 0 bridgehead atoms. The summed E-state index contributed by atoms with van der Waals surface area (Å²) in [5.41, 5.74) is 0.421. The number of unbranched alkanes of at least 4 members (excludes halogenated alkanes) is 2. The first-order valence-corrected chi connectivity index (χ1v) is 8.02. The highest BCUT2D eigenvalue weighted by molar-refractivity contribution is 5.72. The lowest BCUT2D eigenvalue weighted by Gasteiger charge is -2.10. The molecule has 6 heteroatoms. The van der Waals surface area contributed by atoms with E-state index in [2.05, 4.69) is 18.8 Å². The van der Waals surface area contributed by atoms with E-state index in [0.717, 1.165) is 25.7 Å². The van der Waals surface area contributed by atoms with Gasteiger partial charge < -0.3 is 4.57 Å². The molecule has 0 saturated heterocycles. The summed E-state index contributed by atoms with van der Waals surface area (Å²) in [5.74, 6) is 0. The van der Waals surface area contributed by atoms with Crippen LogP contribution in [0.4, 0.5) is 0 Å². The highest BCUT2D eigenvalue weighted by atomic mass is 16.2. The molecule has 2 aromatic heterocycles. The van der Waals surface area contributed by atoms with E-state index < -0.39 is 0 Å². The lowest BCUT2D eigenvalue weighted by molar-refractivity contribution is 0.561. The highest BCUT2D eigenvalue weighted by Gasteiger charge is 2.16. The molecule has 0 aliphatic carbocycles. The molecule has 0 fully saturated rings. The zero-order chi connectivity index (χ0) is 16.1. The standard InChI is InChI=1S/C16H24N4O2/c1-4-7-9-10-18-12-17-14-13(18)15(21)19(6-3)16(22)20(14)11-8-5-2/h9-10,12H,4-8,11H2,1-3H3/b10-9+. The third kappa shape index (κ3) is 2.91. The lowest BCUT2D eigenvalue weighted by atomic mass is 10.3. The summed E-state index contributed by atoms with van der Waals surface area (Å²) in [5, 5.41) is 0. The van der Waals surface area contributed by atoms with Crippen molar-refractivity contribution in [2.45, 2.75) is 59.5 Å². The molecule has 0 N–H and O–H groups in total. The van der Waals surface area contributed by atoms with Crippen molar-refractivity contribution in [3.63, 3.8) is 0 Å². The molecule has 2 rings (SSSR count). The summed E-state index contributed by atoms with van der Waals surface area (Å²) >= 11 is 0. The first kappa shape index (κ1) is 16.3. The van der Waals surface area contributed by atoms with Gasteiger partial charge in [-0.1, -0.05) is 32.8 Å². The van der Waals surface area contributed by atoms with Crippen molar-refractivity contribution >= 4 is 17.4 Å². The maximum Gasteiger partial charge on any atom is 0.332 e. The molecule has 0 aromatic carbocycles. The summed E-state index contributed by atoms with van der Waals surface area (Å²) in [6.07, 6.45) is 9.33. The summed E-state index contributed by atoms with van der Waals surface area (Å²) in [6, 6.07) is 0. The van der Waals surface area contributed by atoms with Gasteiger partial charge >= 0.3 is 5.69 Å². The molecular formula is C16H24N4O2. The number of imidazole rings is 1.